The van der Waals surface area contributed by atoms with Crippen molar-refractivity contribution in [2.45, 2.75) is 76.9 Å². The van der Waals surface area contributed by atoms with E-state index >= 15 is 0 Å². The zero-order chi connectivity index (χ0) is 28.7. The second-order valence-corrected chi connectivity index (χ2v) is 12.3. The van der Waals surface area contributed by atoms with Crippen LogP contribution >= 0.6 is 23.2 Å². The Morgan fingerprint density at radius 3 is 2.33 bits per heavy atom. The number of hydrogen-bond donors (Lipinski definition) is 1. The number of amides is 2. The summed E-state index contributed by atoms with van der Waals surface area (Å²) < 4.78 is 6.13. The standard InChI is InChI=1S/C33H38Cl2N2O3/c1-33(2,3)27-15-9-10-16-30(27)40-22-31(38)37(21-24-17-18-25(34)20-28(24)35)29(19-23-11-5-4-6-12-23)32(39)36-26-13-7-8-14-26/h4-6,9-12,15-18,20,26,29H,7-8,13-14,19,21-22H2,1-3H3,(H,36,39)/t29-/m0/s1. The number of hydrogen-bond acceptors (Lipinski definition) is 3. The average molecular weight is 582 g/mol. The van der Waals surface area contributed by atoms with Crippen LogP contribution in [0.3, 0.4) is 0 Å². The number of benzene rings is 3. The number of nitrogens with one attached hydrogen (secondary N) is 1. The van der Waals surface area contributed by atoms with Crippen LogP contribution in [0.1, 0.15) is 63.1 Å². The second kappa shape index (κ2) is 13.6. The van der Waals surface area contributed by atoms with Gasteiger partial charge in [0.1, 0.15) is 11.8 Å². The van der Waals surface area contributed by atoms with E-state index in [9.17, 15) is 9.59 Å². The summed E-state index contributed by atoms with van der Waals surface area (Å²) >= 11 is 12.7. The number of carbonyl (C=O) groups is 2. The van der Waals surface area contributed by atoms with E-state index in [0.29, 0.717) is 27.8 Å². The SMILES string of the molecule is CC(C)(C)c1ccccc1OCC(=O)N(Cc1ccc(Cl)cc1Cl)[C@@H](Cc1ccccc1)C(=O)NC1CCCC1. The lowest BCUT2D eigenvalue weighted by atomic mass is 9.86. The van der Waals surface area contributed by atoms with Gasteiger partial charge in [0.15, 0.2) is 6.61 Å². The summed E-state index contributed by atoms with van der Waals surface area (Å²) in [7, 11) is 0. The monoisotopic (exact) mass is 580 g/mol. The number of nitrogens with zero attached hydrogens (tertiary/aromatic N) is 1. The lowest BCUT2D eigenvalue weighted by molar-refractivity contribution is -0.143. The van der Waals surface area contributed by atoms with Crippen molar-refractivity contribution < 1.29 is 14.3 Å². The molecule has 0 aromatic heterocycles. The predicted molar refractivity (Wildman–Crippen MR) is 162 cm³/mol. The molecule has 7 heteroatoms. The first-order valence-electron chi connectivity index (χ1n) is 13.9. The molecule has 2 amide bonds. The Labute approximate surface area is 247 Å². The summed E-state index contributed by atoms with van der Waals surface area (Å²) in [6, 6.07) is 22.1. The molecule has 0 aliphatic heterocycles. The molecule has 0 radical (unpaired) electrons. The quantitative estimate of drug-likeness (QED) is 0.272. The Bertz CT molecular complexity index is 1300. The first-order chi connectivity index (χ1) is 19.1. The maximum absolute atomic E-state index is 14.0. The molecule has 0 heterocycles. The molecule has 3 aromatic rings. The van der Waals surface area contributed by atoms with Gasteiger partial charge in [-0.1, -0.05) is 111 Å². The van der Waals surface area contributed by atoms with E-state index in [4.69, 9.17) is 27.9 Å². The molecule has 1 N–H and O–H groups in total. The van der Waals surface area contributed by atoms with Crippen molar-refractivity contribution in [3.8, 4) is 5.75 Å². The predicted octanol–water partition coefficient (Wildman–Crippen LogP) is 7.37. The number of para-hydroxylation sites is 1. The van der Waals surface area contributed by atoms with Crippen LogP contribution in [-0.2, 0) is 28.0 Å². The summed E-state index contributed by atoms with van der Waals surface area (Å²) in [4.78, 5) is 29.4. The fourth-order valence-corrected chi connectivity index (χ4v) is 5.66. The second-order valence-electron chi connectivity index (χ2n) is 11.5. The van der Waals surface area contributed by atoms with Gasteiger partial charge in [0.2, 0.25) is 5.91 Å². The van der Waals surface area contributed by atoms with Crippen LogP contribution in [-0.4, -0.2) is 35.4 Å². The molecule has 212 valence electrons. The molecule has 40 heavy (non-hydrogen) atoms. The normalized spacial score (nSPS) is 14.5. The van der Waals surface area contributed by atoms with Gasteiger partial charge in [-0.2, -0.15) is 0 Å². The van der Waals surface area contributed by atoms with Crippen molar-refractivity contribution in [3.63, 3.8) is 0 Å². The maximum atomic E-state index is 14.0. The zero-order valence-corrected chi connectivity index (χ0v) is 25.0. The number of halogens is 2. The highest BCUT2D eigenvalue weighted by atomic mass is 35.5. The van der Waals surface area contributed by atoms with Crippen LogP contribution in [0.25, 0.3) is 0 Å². The Balaban J connectivity index is 1.66. The van der Waals surface area contributed by atoms with Crippen molar-refractivity contribution in [2.75, 3.05) is 6.61 Å². The molecule has 1 aliphatic rings. The van der Waals surface area contributed by atoms with Crippen LogP contribution < -0.4 is 10.1 Å². The highest BCUT2D eigenvalue weighted by molar-refractivity contribution is 6.35. The van der Waals surface area contributed by atoms with E-state index < -0.39 is 6.04 Å². The first-order valence-corrected chi connectivity index (χ1v) is 14.7. The van der Waals surface area contributed by atoms with E-state index in [1.807, 2.05) is 54.6 Å². The fraction of sp³-hybridized carbons (Fsp3) is 0.394. The lowest BCUT2D eigenvalue weighted by Crippen LogP contribution is -2.53. The molecule has 0 bridgehead atoms. The van der Waals surface area contributed by atoms with Gasteiger partial charge in [-0.15, -0.1) is 0 Å². The van der Waals surface area contributed by atoms with E-state index in [1.165, 1.54) is 0 Å². The molecule has 5 nitrogen and oxygen atoms in total. The first kappa shape index (κ1) is 30.0. The van der Waals surface area contributed by atoms with Crippen molar-refractivity contribution in [3.05, 3.63) is 99.5 Å². The Hall–Kier alpha value is -3.02. The van der Waals surface area contributed by atoms with Gasteiger partial charge in [-0.3, -0.25) is 9.59 Å². The highest BCUT2D eigenvalue weighted by Gasteiger charge is 2.33. The molecular formula is C33H38Cl2N2O3. The Morgan fingerprint density at radius 1 is 0.975 bits per heavy atom. The highest BCUT2D eigenvalue weighted by Crippen LogP contribution is 2.31. The molecule has 4 rings (SSSR count). The van der Waals surface area contributed by atoms with Gasteiger partial charge in [0, 0.05) is 29.1 Å². The third-order valence-corrected chi connectivity index (χ3v) is 7.96. The molecule has 1 aliphatic carbocycles. The molecule has 0 unspecified atom stereocenters. The van der Waals surface area contributed by atoms with E-state index in [2.05, 4.69) is 26.1 Å². The van der Waals surface area contributed by atoms with Gasteiger partial charge in [0.25, 0.3) is 5.91 Å². The summed E-state index contributed by atoms with van der Waals surface area (Å²) in [6.07, 6.45) is 4.46. The van der Waals surface area contributed by atoms with Crippen LogP contribution in [0.5, 0.6) is 5.75 Å². The topological polar surface area (TPSA) is 58.6 Å². The van der Waals surface area contributed by atoms with Crippen molar-refractivity contribution in [1.82, 2.24) is 10.2 Å². The minimum Gasteiger partial charge on any atom is -0.483 e. The largest absolute Gasteiger partial charge is 0.483 e. The molecule has 1 saturated carbocycles. The minimum absolute atomic E-state index is 0.122. The van der Waals surface area contributed by atoms with Gasteiger partial charge in [-0.25, -0.2) is 0 Å². The smallest absolute Gasteiger partial charge is 0.261 e. The molecule has 0 spiro atoms. The van der Waals surface area contributed by atoms with Gasteiger partial charge < -0.3 is 15.0 Å². The Morgan fingerprint density at radius 2 is 1.65 bits per heavy atom. The Kier molecular flexibility index (Phi) is 10.2. The van der Waals surface area contributed by atoms with Gasteiger partial charge in [0.05, 0.1) is 0 Å². The minimum atomic E-state index is -0.747. The van der Waals surface area contributed by atoms with Crippen molar-refractivity contribution >= 4 is 35.0 Å². The van der Waals surface area contributed by atoms with Crippen LogP contribution in [0.2, 0.25) is 10.0 Å². The molecule has 0 saturated heterocycles. The number of ether oxygens (including phenoxy) is 1. The van der Waals surface area contributed by atoms with Crippen LogP contribution in [0, 0.1) is 0 Å². The van der Waals surface area contributed by atoms with Gasteiger partial charge in [-0.05, 0) is 53.1 Å². The van der Waals surface area contributed by atoms with Crippen molar-refractivity contribution in [1.29, 1.82) is 0 Å². The zero-order valence-electron chi connectivity index (χ0n) is 23.5. The van der Waals surface area contributed by atoms with Crippen LogP contribution in [0.4, 0.5) is 0 Å². The van der Waals surface area contributed by atoms with Crippen LogP contribution in [0.15, 0.2) is 72.8 Å². The maximum Gasteiger partial charge on any atom is 0.261 e. The third-order valence-electron chi connectivity index (χ3n) is 7.37. The van der Waals surface area contributed by atoms with E-state index in [-0.39, 0.29) is 36.4 Å². The summed E-state index contributed by atoms with van der Waals surface area (Å²) in [5.41, 5.74) is 2.52. The lowest BCUT2D eigenvalue weighted by Gasteiger charge is -2.33. The van der Waals surface area contributed by atoms with Gasteiger partial charge >= 0.3 is 0 Å². The number of rotatable bonds is 10. The summed E-state index contributed by atoms with van der Waals surface area (Å²) in [5, 5.41) is 4.17. The number of carbonyl (C=O) groups excluding carboxylic acids is 2. The molecular weight excluding hydrogens is 543 g/mol. The summed E-state index contributed by atoms with van der Waals surface area (Å²) in [6.45, 7) is 6.26. The third kappa shape index (κ3) is 8.02. The molecule has 1 fully saturated rings. The van der Waals surface area contributed by atoms with E-state index in [0.717, 1.165) is 36.8 Å². The van der Waals surface area contributed by atoms with Crippen molar-refractivity contribution in [2.24, 2.45) is 0 Å². The molecule has 1 atom stereocenters. The van der Waals surface area contributed by atoms with E-state index in [1.54, 1.807) is 23.1 Å². The average Bonchev–Trinajstić information content (AvgIpc) is 3.43. The fourth-order valence-electron chi connectivity index (χ4n) is 5.19. The molecule has 3 aromatic carbocycles. The summed E-state index contributed by atoms with van der Waals surface area (Å²) in [5.74, 6) is 0.198.